The Morgan fingerprint density at radius 1 is 1.32 bits per heavy atom. The largest absolute Gasteiger partial charge is 0.573 e. The van der Waals surface area contributed by atoms with Crippen LogP contribution in [0.3, 0.4) is 0 Å². The zero-order valence-corrected chi connectivity index (χ0v) is 14.9. The lowest BCUT2D eigenvalue weighted by molar-refractivity contribution is -0.274. The summed E-state index contributed by atoms with van der Waals surface area (Å²) < 4.78 is 42.0. The van der Waals surface area contributed by atoms with E-state index in [9.17, 15) is 18.0 Å². The van der Waals surface area contributed by atoms with Crippen LogP contribution in [0.1, 0.15) is 32.1 Å². The first-order chi connectivity index (χ1) is 11.9. The van der Waals surface area contributed by atoms with Crippen molar-refractivity contribution in [1.82, 2.24) is 10.3 Å². The Labute approximate surface area is 151 Å². The molecule has 1 amide bonds. The van der Waals surface area contributed by atoms with Crippen LogP contribution < -0.4 is 10.1 Å². The fourth-order valence-corrected chi connectivity index (χ4v) is 4.69. The number of alkyl halides is 3. The van der Waals surface area contributed by atoms with Gasteiger partial charge in [-0.3, -0.25) is 4.79 Å². The van der Waals surface area contributed by atoms with Crippen molar-refractivity contribution in [1.29, 1.82) is 0 Å². The van der Waals surface area contributed by atoms with Gasteiger partial charge in [-0.2, -0.15) is 0 Å². The molecule has 1 heterocycles. The minimum Gasteiger partial charge on any atom is -0.406 e. The van der Waals surface area contributed by atoms with E-state index in [0.29, 0.717) is 14.6 Å². The zero-order chi connectivity index (χ0) is 17.9. The van der Waals surface area contributed by atoms with E-state index in [0.717, 1.165) is 25.7 Å². The van der Waals surface area contributed by atoms with Crippen molar-refractivity contribution in [3.05, 3.63) is 18.2 Å². The fourth-order valence-electron chi connectivity index (χ4n) is 2.79. The van der Waals surface area contributed by atoms with Gasteiger partial charge < -0.3 is 10.1 Å². The highest BCUT2D eigenvalue weighted by molar-refractivity contribution is 8.01. The minimum absolute atomic E-state index is 0.0303. The highest BCUT2D eigenvalue weighted by Crippen LogP contribution is 2.33. The number of carbonyl (C=O) groups excluding carboxylic acids is 1. The number of ether oxygens (including phenoxy) is 1. The number of hydrogen-bond acceptors (Lipinski definition) is 5. The smallest absolute Gasteiger partial charge is 0.406 e. The van der Waals surface area contributed by atoms with Crippen LogP contribution in [0.2, 0.25) is 0 Å². The van der Waals surface area contributed by atoms with E-state index in [4.69, 9.17) is 0 Å². The van der Waals surface area contributed by atoms with Crippen LogP contribution in [-0.4, -0.2) is 29.0 Å². The van der Waals surface area contributed by atoms with Gasteiger partial charge in [0.15, 0.2) is 4.34 Å². The van der Waals surface area contributed by atoms with Crippen LogP contribution >= 0.6 is 23.1 Å². The standard InChI is InChI=1S/C16H17F3N2O2S2/c17-16(18,19)23-11-6-7-12-13(8-11)25-15(21-12)24-9-14(22)20-10-4-2-1-3-5-10/h6-8,10H,1-5,9H2,(H,20,22). The molecule has 0 radical (unpaired) electrons. The molecule has 4 nitrogen and oxygen atoms in total. The maximum Gasteiger partial charge on any atom is 0.573 e. The highest BCUT2D eigenvalue weighted by Gasteiger charge is 2.31. The first kappa shape index (κ1) is 18.3. The lowest BCUT2D eigenvalue weighted by Crippen LogP contribution is -2.37. The summed E-state index contributed by atoms with van der Waals surface area (Å²) in [6.45, 7) is 0. The van der Waals surface area contributed by atoms with Crippen molar-refractivity contribution >= 4 is 39.2 Å². The molecule has 0 unspecified atom stereocenters. The first-order valence-electron chi connectivity index (χ1n) is 7.97. The molecular formula is C16H17F3N2O2S2. The predicted octanol–water partition coefficient (Wildman–Crippen LogP) is 4.74. The summed E-state index contributed by atoms with van der Waals surface area (Å²) in [6.07, 6.45) is 0.871. The number of amides is 1. The number of fused-ring (bicyclic) bond motifs is 1. The molecule has 0 spiro atoms. The molecule has 1 aliphatic carbocycles. The SMILES string of the molecule is O=C(CSc1nc2ccc(OC(F)(F)F)cc2s1)NC1CCCCC1. The monoisotopic (exact) mass is 390 g/mol. The van der Waals surface area contributed by atoms with Gasteiger partial charge >= 0.3 is 6.36 Å². The van der Waals surface area contributed by atoms with Crippen molar-refractivity contribution in [3.63, 3.8) is 0 Å². The van der Waals surface area contributed by atoms with Crippen molar-refractivity contribution in [3.8, 4) is 5.75 Å². The lowest BCUT2D eigenvalue weighted by atomic mass is 9.95. The number of carbonyl (C=O) groups is 1. The number of thiazole rings is 1. The Balaban J connectivity index is 1.57. The Bertz CT molecular complexity index is 743. The first-order valence-corrected chi connectivity index (χ1v) is 9.78. The molecule has 1 aromatic heterocycles. The topological polar surface area (TPSA) is 51.2 Å². The van der Waals surface area contributed by atoms with Gasteiger partial charge in [0.05, 0.1) is 16.0 Å². The third kappa shape index (κ3) is 5.50. The van der Waals surface area contributed by atoms with E-state index in [1.165, 1.54) is 47.7 Å². The predicted molar refractivity (Wildman–Crippen MR) is 92.0 cm³/mol. The molecule has 0 saturated heterocycles. The van der Waals surface area contributed by atoms with Gasteiger partial charge in [0.1, 0.15) is 5.75 Å². The second-order valence-corrected chi connectivity index (χ2v) is 8.10. The van der Waals surface area contributed by atoms with Crippen molar-refractivity contribution in [2.45, 2.75) is 48.8 Å². The third-order valence-corrected chi connectivity index (χ3v) is 6.03. The molecule has 1 saturated carbocycles. The van der Waals surface area contributed by atoms with E-state index in [2.05, 4.69) is 15.0 Å². The van der Waals surface area contributed by atoms with Gasteiger partial charge in [-0.15, -0.1) is 24.5 Å². The summed E-state index contributed by atoms with van der Waals surface area (Å²) in [4.78, 5) is 16.3. The van der Waals surface area contributed by atoms with Gasteiger partial charge in [0, 0.05) is 6.04 Å². The normalized spacial score (nSPS) is 16.1. The number of halogens is 3. The van der Waals surface area contributed by atoms with Crippen LogP contribution in [0.5, 0.6) is 5.75 Å². The van der Waals surface area contributed by atoms with Crippen LogP contribution in [0.4, 0.5) is 13.2 Å². The molecule has 0 bridgehead atoms. The summed E-state index contributed by atoms with van der Waals surface area (Å²) >= 11 is 2.54. The number of thioether (sulfide) groups is 1. The highest BCUT2D eigenvalue weighted by atomic mass is 32.2. The molecule has 3 rings (SSSR count). The number of rotatable bonds is 5. The summed E-state index contributed by atoms with van der Waals surface area (Å²) in [5.74, 6) is -0.0464. The van der Waals surface area contributed by atoms with Crippen LogP contribution in [0.25, 0.3) is 10.2 Å². The third-order valence-electron chi connectivity index (χ3n) is 3.87. The maximum absolute atomic E-state index is 12.3. The second kappa shape index (κ2) is 7.82. The average molecular weight is 390 g/mol. The average Bonchev–Trinajstić information content (AvgIpc) is 2.94. The van der Waals surface area contributed by atoms with E-state index >= 15 is 0 Å². The van der Waals surface area contributed by atoms with Gasteiger partial charge in [-0.1, -0.05) is 31.0 Å². The van der Waals surface area contributed by atoms with E-state index in [1.807, 2.05) is 0 Å². The number of nitrogens with zero attached hydrogens (tertiary/aromatic N) is 1. The molecule has 0 aliphatic heterocycles. The molecule has 2 aromatic rings. The van der Waals surface area contributed by atoms with E-state index < -0.39 is 6.36 Å². The van der Waals surface area contributed by atoms with Crippen molar-refractivity contribution < 1.29 is 22.7 Å². The molecule has 1 fully saturated rings. The van der Waals surface area contributed by atoms with Crippen LogP contribution in [0, 0.1) is 0 Å². The van der Waals surface area contributed by atoms with Gasteiger partial charge in [0.25, 0.3) is 0 Å². The summed E-state index contributed by atoms with van der Waals surface area (Å²) in [6, 6.07) is 4.30. The molecule has 1 aromatic carbocycles. The molecule has 0 atom stereocenters. The van der Waals surface area contributed by atoms with Crippen molar-refractivity contribution in [2.75, 3.05) is 5.75 Å². The number of aromatic nitrogens is 1. The second-order valence-electron chi connectivity index (χ2n) is 5.85. The number of hydrogen-bond donors (Lipinski definition) is 1. The van der Waals surface area contributed by atoms with E-state index in [-0.39, 0.29) is 23.5 Å². The summed E-state index contributed by atoms with van der Waals surface area (Å²) in [7, 11) is 0. The summed E-state index contributed by atoms with van der Waals surface area (Å²) in [5, 5.41) is 3.03. The van der Waals surface area contributed by atoms with Gasteiger partial charge in [-0.25, -0.2) is 4.98 Å². The molecule has 9 heteroatoms. The molecule has 1 N–H and O–H groups in total. The van der Waals surface area contributed by atoms with Crippen LogP contribution in [0.15, 0.2) is 22.5 Å². The van der Waals surface area contributed by atoms with Gasteiger partial charge in [-0.05, 0) is 31.0 Å². The van der Waals surface area contributed by atoms with E-state index in [1.54, 1.807) is 0 Å². The fraction of sp³-hybridized carbons (Fsp3) is 0.500. The lowest BCUT2D eigenvalue weighted by Gasteiger charge is -2.22. The molecule has 136 valence electrons. The van der Waals surface area contributed by atoms with Crippen molar-refractivity contribution in [2.24, 2.45) is 0 Å². The van der Waals surface area contributed by atoms with Crippen LogP contribution in [-0.2, 0) is 4.79 Å². The minimum atomic E-state index is -4.72. The Morgan fingerprint density at radius 3 is 2.80 bits per heavy atom. The quantitative estimate of drug-likeness (QED) is 0.750. The number of nitrogens with one attached hydrogen (secondary N) is 1. The number of benzene rings is 1. The van der Waals surface area contributed by atoms with Gasteiger partial charge in [0.2, 0.25) is 5.91 Å². The Morgan fingerprint density at radius 2 is 2.08 bits per heavy atom. The Hall–Kier alpha value is -1.48. The molecular weight excluding hydrogens is 373 g/mol. The summed E-state index contributed by atoms with van der Waals surface area (Å²) in [5.41, 5.74) is 0.592. The maximum atomic E-state index is 12.3. The molecule has 1 aliphatic rings. The Kier molecular flexibility index (Phi) is 5.73. The zero-order valence-electron chi connectivity index (χ0n) is 13.3. The molecule has 25 heavy (non-hydrogen) atoms.